The molecule has 138 valence electrons. The molecule has 0 aromatic heterocycles. The van der Waals surface area contributed by atoms with Crippen molar-refractivity contribution in [3.8, 4) is 0 Å². The van der Waals surface area contributed by atoms with Crippen molar-refractivity contribution < 1.29 is 28.9 Å². The second-order valence-corrected chi connectivity index (χ2v) is 5.93. The molecule has 1 saturated heterocycles. The molecule has 1 fully saturated rings. The number of carbonyl (C=O) groups is 2. The van der Waals surface area contributed by atoms with Crippen molar-refractivity contribution in [1.29, 1.82) is 0 Å². The van der Waals surface area contributed by atoms with Crippen LogP contribution in [0.1, 0.15) is 37.7 Å². The molecule has 2 atom stereocenters. The number of nitrogens with one attached hydrogen (secondary N) is 1. The Morgan fingerprint density at radius 2 is 2.08 bits per heavy atom. The van der Waals surface area contributed by atoms with Crippen molar-refractivity contribution in [2.45, 2.75) is 51.1 Å². The molecule has 25 heavy (non-hydrogen) atoms. The van der Waals surface area contributed by atoms with E-state index >= 15 is 0 Å². The summed E-state index contributed by atoms with van der Waals surface area (Å²) >= 11 is 0. The van der Waals surface area contributed by atoms with Gasteiger partial charge in [-0.25, -0.2) is 4.79 Å². The van der Waals surface area contributed by atoms with Gasteiger partial charge in [0.1, 0.15) is 6.61 Å². The third-order valence-corrected chi connectivity index (χ3v) is 3.83. The molecule has 1 aromatic rings. The number of carboxylic acid groups (broad SMARTS) is 1. The van der Waals surface area contributed by atoms with Gasteiger partial charge in [-0.05, 0) is 31.2 Å². The number of hydrogen-bond donors (Lipinski definition) is 2. The van der Waals surface area contributed by atoms with Crippen LogP contribution in [0.15, 0.2) is 30.3 Å². The van der Waals surface area contributed by atoms with Crippen LogP contribution in [0.3, 0.4) is 0 Å². The Morgan fingerprint density at radius 1 is 1.28 bits per heavy atom. The number of aliphatic carboxylic acids is 1. The Balaban J connectivity index is 1.67. The normalized spacial score (nSPS) is 18.3. The molecule has 0 bridgehead atoms. The van der Waals surface area contributed by atoms with Gasteiger partial charge < -0.3 is 24.6 Å². The smallest absolute Gasteiger partial charge is 0.407 e. The Kier molecular flexibility index (Phi) is 8.21. The molecule has 0 radical (unpaired) electrons. The molecule has 0 aliphatic carbocycles. The zero-order valence-electron chi connectivity index (χ0n) is 14.2. The molecule has 0 saturated carbocycles. The second-order valence-electron chi connectivity index (χ2n) is 5.93. The molecule has 0 spiro atoms. The summed E-state index contributed by atoms with van der Waals surface area (Å²) in [4.78, 5) is 22.7. The van der Waals surface area contributed by atoms with Crippen LogP contribution in [0.2, 0.25) is 0 Å². The molecular weight excluding hydrogens is 326 g/mol. The summed E-state index contributed by atoms with van der Waals surface area (Å²) in [6.07, 6.45) is 1.63. The maximum atomic E-state index is 11.7. The Labute approximate surface area is 147 Å². The van der Waals surface area contributed by atoms with Crippen LogP contribution >= 0.6 is 0 Å². The lowest BCUT2D eigenvalue weighted by Crippen LogP contribution is -2.33. The first-order chi connectivity index (χ1) is 12.1. The summed E-state index contributed by atoms with van der Waals surface area (Å²) in [6, 6.07) is 9.38. The number of benzene rings is 1. The third-order valence-electron chi connectivity index (χ3n) is 3.83. The van der Waals surface area contributed by atoms with E-state index in [9.17, 15) is 9.59 Å². The fourth-order valence-electron chi connectivity index (χ4n) is 2.56. The fourth-order valence-corrected chi connectivity index (χ4v) is 2.56. The second kappa shape index (κ2) is 10.7. The van der Waals surface area contributed by atoms with Crippen LogP contribution in [0.25, 0.3) is 0 Å². The average molecular weight is 351 g/mol. The van der Waals surface area contributed by atoms with Gasteiger partial charge in [0.05, 0.1) is 12.5 Å². The van der Waals surface area contributed by atoms with Gasteiger partial charge in [0.2, 0.25) is 0 Å². The largest absolute Gasteiger partial charge is 0.481 e. The van der Waals surface area contributed by atoms with Crippen LogP contribution in [-0.4, -0.2) is 42.7 Å². The van der Waals surface area contributed by atoms with Gasteiger partial charge in [0.25, 0.3) is 0 Å². The highest BCUT2D eigenvalue weighted by Crippen LogP contribution is 2.18. The standard InChI is InChI=1S/C18H25NO6/c20-16(21)12-15(25-17-8-4-5-11-23-17)9-10-19-18(22)24-13-14-6-2-1-3-7-14/h1-3,6-7,15,17H,4-5,8-13H2,(H,19,22)(H,20,21)/t15-,17?/m1/s1. The maximum Gasteiger partial charge on any atom is 0.407 e. The zero-order chi connectivity index (χ0) is 17.9. The lowest BCUT2D eigenvalue weighted by Gasteiger charge is -2.27. The van der Waals surface area contributed by atoms with Crippen molar-refractivity contribution in [3.05, 3.63) is 35.9 Å². The minimum absolute atomic E-state index is 0.124. The molecule has 2 N–H and O–H groups in total. The number of amides is 1. The van der Waals surface area contributed by atoms with E-state index in [1.807, 2.05) is 30.3 Å². The van der Waals surface area contributed by atoms with Crippen LogP contribution < -0.4 is 5.32 Å². The molecule has 1 heterocycles. The van der Waals surface area contributed by atoms with E-state index in [2.05, 4.69) is 5.32 Å². The maximum absolute atomic E-state index is 11.7. The predicted octanol–water partition coefficient (Wildman–Crippen LogP) is 2.69. The van der Waals surface area contributed by atoms with Gasteiger partial charge in [0, 0.05) is 13.2 Å². The van der Waals surface area contributed by atoms with Gasteiger partial charge in [-0.1, -0.05) is 30.3 Å². The van der Waals surface area contributed by atoms with E-state index in [-0.39, 0.29) is 25.9 Å². The number of rotatable bonds is 9. The summed E-state index contributed by atoms with van der Waals surface area (Å²) in [7, 11) is 0. The molecule has 1 unspecified atom stereocenters. The molecular formula is C18H25NO6. The van der Waals surface area contributed by atoms with E-state index in [1.54, 1.807) is 0 Å². The predicted molar refractivity (Wildman–Crippen MR) is 90.0 cm³/mol. The lowest BCUT2D eigenvalue weighted by molar-refractivity contribution is -0.192. The van der Waals surface area contributed by atoms with Gasteiger partial charge >= 0.3 is 12.1 Å². The molecule has 1 aliphatic heterocycles. The van der Waals surface area contributed by atoms with Gasteiger partial charge in [-0.15, -0.1) is 0 Å². The molecule has 1 aromatic carbocycles. The highest BCUT2D eigenvalue weighted by Gasteiger charge is 2.22. The monoisotopic (exact) mass is 351 g/mol. The van der Waals surface area contributed by atoms with Gasteiger partial charge in [-0.3, -0.25) is 4.79 Å². The first-order valence-corrected chi connectivity index (χ1v) is 8.57. The van der Waals surface area contributed by atoms with Crippen molar-refractivity contribution in [2.24, 2.45) is 0 Å². The van der Waals surface area contributed by atoms with Gasteiger partial charge in [-0.2, -0.15) is 0 Å². The summed E-state index contributed by atoms with van der Waals surface area (Å²) in [5, 5.41) is 11.6. The van der Waals surface area contributed by atoms with E-state index in [0.717, 1.165) is 24.8 Å². The summed E-state index contributed by atoms with van der Waals surface area (Å²) in [5.74, 6) is -0.938. The SMILES string of the molecule is O=C(O)C[C@@H](CCNC(=O)OCc1ccccc1)OC1CCCCO1. The van der Waals surface area contributed by atoms with E-state index in [1.165, 1.54) is 0 Å². The lowest BCUT2D eigenvalue weighted by atomic mass is 10.1. The highest BCUT2D eigenvalue weighted by molar-refractivity contribution is 5.68. The van der Waals surface area contributed by atoms with E-state index < -0.39 is 18.2 Å². The Morgan fingerprint density at radius 3 is 2.76 bits per heavy atom. The van der Waals surface area contributed by atoms with Crippen molar-refractivity contribution >= 4 is 12.1 Å². The molecule has 1 aliphatic rings. The number of hydrogen-bond acceptors (Lipinski definition) is 5. The van der Waals surface area contributed by atoms with Crippen molar-refractivity contribution in [1.82, 2.24) is 5.32 Å². The van der Waals surface area contributed by atoms with E-state index in [4.69, 9.17) is 19.3 Å². The molecule has 7 nitrogen and oxygen atoms in total. The van der Waals surface area contributed by atoms with Crippen molar-refractivity contribution in [3.63, 3.8) is 0 Å². The zero-order valence-corrected chi connectivity index (χ0v) is 14.2. The number of alkyl carbamates (subject to hydrolysis) is 1. The number of ether oxygens (including phenoxy) is 3. The molecule has 1 amide bonds. The van der Waals surface area contributed by atoms with Crippen LogP contribution in [0.5, 0.6) is 0 Å². The van der Waals surface area contributed by atoms with Gasteiger partial charge in [0.15, 0.2) is 6.29 Å². The fraction of sp³-hybridized carbons (Fsp3) is 0.556. The van der Waals surface area contributed by atoms with Crippen LogP contribution in [0, 0.1) is 0 Å². The number of carbonyl (C=O) groups excluding carboxylic acids is 1. The average Bonchev–Trinajstić information content (AvgIpc) is 2.61. The van der Waals surface area contributed by atoms with Crippen molar-refractivity contribution in [2.75, 3.05) is 13.2 Å². The molecule has 7 heteroatoms. The minimum Gasteiger partial charge on any atom is -0.481 e. The topological polar surface area (TPSA) is 94.1 Å². The summed E-state index contributed by atoms with van der Waals surface area (Å²) in [5.41, 5.74) is 0.902. The summed E-state index contributed by atoms with van der Waals surface area (Å²) in [6.45, 7) is 1.10. The molecule has 2 rings (SSSR count). The van der Waals surface area contributed by atoms with Crippen LogP contribution in [0.4, 0.5) is 4.79 Å². The Bertz CT molecular complexity index is 530. The first-order valence-electron chi connectivity index (χ1n) is 8.57. The Hall–Kier alpha value is -2.12. The van der Waals surface area contributed by atoms with E-state index in [0.29, 0.717) is 13.0 Å². The van der Waals surface area contributed by atoms with Crippen LogP contribution in [-0.2, 0) is 25.6 Å². The minimum atomic E-state index is -0.938. The number of carboxylic acids is 1. The third kappa shape index (κ3) is 8.00. The summed E-state index contributed by atoms with van der Waals surface area (Å²) < 4.78 is 16.3. The quantitative estimate of drug-likeness (QED) is 0.710. The first kappa shape index (κ1) is 19.2. The highest BCUT2D eigenvalue weighted by atomic mass is 16.7.